The first-order valence-electron chi connectivity index (χ1n) is 6.68. The van der Waals surface area contributed by atoms with E-state index in [0.717, 1.165) is 6.42 Å². The van der Waals surface area contributed by atoms with Crippen LogP contribution < -0.4 is 0 Å². The van der Waals surface area contributed by atoms with E-state index in [9.17, 15) is 0 Å². The highest BCUT2D eigenvalue weighted by Crippen LogP contribution is 2.44. The highest BCUT2D eigenvalue weighted by molar-refractivity contribution is 4.99. The molecule has 18 heavy (non-hydrogen) atoms. The molecule has 0 amide bonds. The average Bonchev–Trinajstić information content (AvgIpc) is 2.71. The van der Waals surface area contributed by atoms with Crippen molar-refractivity contribution < 1.29 is 23.7 Å². The third-order valence-electron chi connectivity index (χ3n) is 3.65. The third kappa shape index (κ3) is 1.98. The molecule has 3 rings (SSSR count). The summed E-state index contributed by atoms with van der Waals surface area (Å²) in [6.45, 7) is 9.72. The van der Waals surface area contributed by atoms with E-state index in [2.05, 4.69) is 6.92 Å². The molecule has 104 valence electrons. The second-order valence-corrected chi connectivity index (χ2v) is 6.12. The minimum absolute atomic E-state index is 0.00414. The van der Waals surface area contributed by atoms with Crippen molar-refractivity contribution in [2.75, 3.05) is 0 Å². The molecule has 0 aromatic heterocycles. The van der Waals surface area contributed by atoms with Crippen LogP contribution >= 0.6 is 0 Å². The van der Waals surface area contributed by atoms with Gasteiger partial charge in [0.25, 0.3) is 0 Å². The summed E-state index contributed by atoms with van der Waals surface area (Å²) in [6, 6.07) is 0. The van der Waals surface area contributed by atoms with Crippen LogP contribution in [0.4, 0.5) is 0 Å². The van der Waals surface area contributed by atoms with Gasteiger partial charge in [-0.25, -0.2) is 0 Å². The normalized spacial score (nSPS) is 48.8. The molecular formula is C13H22O5. The van der Waals surface area contributed by atoms with Gasteiger partial charge in [0.15, 0.2) is 17.9 Å². The molecule has 0 spiro atoms. The predicted molar refractivity (Wildman–Crippen MR) is 62.8 cm³/mol. The van der Waals surface area contributed by atoms with Crippen LogP contribution in [0.5, 0.6) is 0 Å². The van der Waals surface area contributed by atoms with E-state index in [1.807, 2.05) is 27.7 Å². The fourth-order valence-electron chi connectivity index (χ4n) is 3.02. The molecule has 2 unspecified atom stereocenters. The van der Waals surface area contributed by atoms with Crippen LogP contribution in [-0.4, -0.2) is 42.3 Å². The maximum absolute atomic E-state index is 5.98. The van der Waals surface area contributed by atoms with Crippen molar-refractivity contribution in [1.29, 1.82) is 0 Å². The zero-order valence-electron chi connectivity index (χ0n) is 11.6. The maximum atomic E-state index is 5.98. The molecule has 3 fully saturated rings. The van der Waals surface area contributed by atoms with Crippen LogP contribution in [0.3, 0.4) is 0 Å². The molecule has 3 aliphatic heterocycles. The highest BCUT2D eigenvalue weighted by atomic mass is 16.9. The second-order valence-electron chi connectivity index (χ2n) is 6.12. The third-order valence-corrected chi connectivity index (χ3v) is 3.65. The first-order chi connectivity index (χ1) is 8.31. The molecule has 5 heteroatoms. The van der Waals surface area contributed by atoms with Gasteiger partial charge in [-0.1, -0.05) is 6.92 Å². The number of fused-ring (bicyclic) bond motifs is 3. The van der Waals surface area contributed by atoms with Crippen molar-refractivity contribution in [3.8, 4) is 0 Å². The minimum Gasteiger partial charge on any atom is -0.344 e. The van der Waals surface area contributed by atoms with Crippen molar-refractivity contribution in [1.82, 2.24) is 0 Å². The Balaban J connectivity index is 1.86. The van der Waals surface area contributed by atoms with E-state index in [0.29, 0.717) is 0 Å². The van der Waals surface area contributed by atoms with Crippen molar-refractivity contribution in [2.24, 2.45) is 0 Å². The SMILES string of the molecule is CCC1O[C@H]2OC(C)(C)OC2[C@H]2OC(C)(C)O[C@@H]12. The Morgan fingerprint density at radius 3 is 2.00 bits per heavy atom. The number of rotatable bonds is 1. The molecule has 5 nitrogen and oxygen atoms in total. The van der Waals surface area contributed by atoms with Crippen molar-refractivity contribution in [3.63, 3.8) is 0 Å². The van der Waals surface area contributed by atoms with Crippen molar-refractivity contribution in [2.45, 2.75) is 83.3 Å². The van der Waals surface area contributed by atoms with Gasteiger partial charge in [-0.2, -0.15) is 0 Å². The highest BCUT2D eigenvalue weighted by Gasteiger charge is 2.60. The molecular weight excluding hydrogens is 236 g/mol. The molecule has 3 aliphatic rings. The molecule has 3 heterocycles. The van der Waals surface area contributed by atoms with E-state index in [-0.39, 0.29) is 30.7 Å². The Hall–Kier alpha value is -0.200. The summed E-state index contributed by atoms with van der Waals surface area (Å²) in [4.78, 5) is 0. The summed E-state index contributed by atoms with van der Waals surface area (Å²) < 4.78 is 29.6. The summed E-state index contributed by atoms with van der Waals surface area (Å²) in [7, 11) is 0. The molecule has 0 aromatic rings. The standard InChI is InChI=1S/C13H22O5/c1-6-7-8-9(16-12(2,3)15-8)10-11(14-7)18-13(4,5)17-10/h7-11H,6H2,1-5H3/t7?,8-,9-,10?,11-/m0/s1. The minimum atomic E-state index is -0.626. The van der Waals surface area contributed by atoms with E-state index in [1.54, 1.807) is 0 Å². The van der Waals surface area contributed by atoms with Gasteiger partial charge in [-0.3, -0.25) is 0 Å². The molecule has 0 aliphatic carbocycles. The summed E-state index contributed by atoms with van der Waals surface area (Å²) in [6.07, 6.45) is 0.0937. The van der Waals surface area contributed by atoms with Crippen LogP contribution in [0, 0.1) is 0 Å². The summed E-state index contributed by atoms with van der Waals surface area (Å²) in [5.41, 5.74) is 0. The Kier molecular flexibility index (Phi) is 2.78. The van der Waals surface area contributed by atoms with Crippen LogP contribution in [0.1, 0.15) is 41.0 Å². The quantitative estimate of drug-likeness (QED) is 0.717. The van der Waals surface area contributed by atoms with Gasteiger partial charge >= 0.3 is 0 Å². The van der Waals surface area contributed by atoms with E-state index in [4.69, 9.17) is 23.7 Å². The summed E-state index contributed by atoms with van der Waals surface area (Å²) in [5.74, 6) is -1.21. The Morgan fingerprint density at radius 2 is 1.33 bits per heavy atom. The number of hydrogen-bond acceptors (Lipinski definition) is 5. The Labute approximate surface area is 108 Å². The Morgan fingerprint density at radius 1 is 0.778 bits per heavy atom. The molecule has 0 radical (unpaired) electrons. The predicted octanol–water partition coefficient (Wildman–Crippen LogP) is 1.79. The lowest BCUT2D eigenvalue weighted by Gasteiger charge is -2.36. The molecule has 0 N–H and O–H groups in total. The van der Waals surface area contributed by atoms with Crippen molar-refractivity contribution in [3.05, 3.63) is 0 Å². The lowest BCUT2D eigenvalue weighted by molar-refractivity contribution is -0.234. The molecule has 0 saturated carbocycles. The molecule has 3 saturated heterocycles. The fraction of sp³-hybridized carbons (Fsp3) is 1.00. The van der Waals surface area contributed by atoms with Crippen molar-refractivity contribution >= 4 is 0 Å². The van der Waals surface area contributed by atoms with Crippen LogP contribution in [-0.2, 0) is 23.7 Å². The van der Waals surface area contributed by atoms with Gasteiger partial charge in [0.1, 0.15) is 18.3 Å². The zero-order valence-corrected chi connectivity index (χ0v) is 11.6. The van der Waals surface area contributed by atoms with Crippen LogP contribution in [0.2, 0.25) is 0 Å². The first-order valence-corrected chi connectivity index (χ1v) is 6.68. The lowest BCUT2D eigenvalue weighted by Crippen LogP contribution is -2.54. The smallest absolute Gasteiger partial charge is 0.190 e. The van der Waals surface area contributed by atoms with Crippen LogP contribution in [0.15, 0.2) is 0 Å². The van der Waals surface area contributed by atoms with Gasteiger partial charge in [-0.15, -0.1) is 0 Å². The van der Waals surface area contributed by atoms with Gasteiger partial charge in [-0.05, 0) is 34.1 Å². The van der Waals surface area contributed by atoms with E-state index in [1.165, 1.54) is 0 Å². The monoisotopic (exact) mass is 258 g/mol. The number of ether oxygens (including phenoxy) is 5. The summed E-state index contributed by atoms with van der Waals surface area (Å²) >= 11 is 0. The Bertz CT molecular complexity index is 340. The largest absolute Gasteiger partial charge is 0.344 e. The fourth-order valence-corrected chi connectivity index (χ4v) is 3.02. The first kappa shape index (κ1) is 12.8. The molecule has 5 atom stereocenters. The zero-order chi connectivity index (χ0) is 13.1. The van der Waals surface area contributed by atoms with Gasteiger partial charge in [0, 0.05) is 0 Å². The number of hydrogen-bond donors (Lipinski definition) is 0. The van der Waals surface area contributed by atoms with Gasteiger partial charge < -0.3 is 23.7 Å². The summed E-state index contributed by atoms with van der Waals surface area (Å²) in [5, 5.41) is 0. The van der Waals surface area contributed by atoms with E-state index >= 15 is 0 Å². The van der Waals surface area contributed by atoms with Gasteiger partial charge in [0.05, 0.1) is 6.10 Å². The topological polar surface area (TPSA) is 46.2 Å². The van der Waals surface area contributed by atoms with Crippen LogP contribution in [0.25, 0.3) is 0 Å². The lowest BCUT2D eigenvalue weighted by atomic mass is 9.97. The molecule has 0 bridgehead atoms. The average molecular weight is 258 g/mol. The van der Waals surface area contributed by atoms with Gasteiger partial charge in [0.2, 0.25) is 0 Å². The van der Waals surface area contributed by atoms with E-state index < -0.39 is 11.6 Å². The molecule has 0 aromatic carbocycles. The second kappa shape index (κ2) is 3.90. The maximum Gasteiger partial charge on any atom is 0.190 e.